The zero-order valence-corrected chi connectivity index (χ0v) is 20.4. The van der Waals surface area contributed by atoms with Crippen molar-refractivity contribution in [1.29, 1.82) is 0 Å². The number of rotatable bonds is 8. The highest BCUT2D eigenvalue weighted by molar-refractivity contribution is 6.00. The predicted octanol–water partition coefficient (Wildman–Crippen LogP) is 1.79. The van der Waals surface area contributed by atoms with Crippen LogP contribution in [0.4, 0.5) is 5.69 Å². The Morgan fingerprint density at radius 1 is 1.09 bits per heavy atom. The van der Waals surface area contributed by atoms with Crippen molar-refractivity contribution in [2.75, 3.05) is 45.4 Å². The first kappa shape index (κ1) is 23.6. The molecule has 5 rings (SSSR count). The molecule has 0 N–H and O–H groups in total. The molecule has 1 aromatic heterocycles. The van der Waals surface area contributed by atoms with Gasteiger partial charge in [-0.2, -0.15) is 5.10 Å². The van der Waals surface area contributed by atoms with Gasteiger partial charge in [0.25, 0.3) is 0 Å². The molecule has 2 unspecified atom stereocenters. The molecule has 1 aromatic carbocycles. The number of ether oxygens (including phenoxy) is 2. The molecular formula is C25H33N5O5. The molecule has 10 nitrogen and oxygen atoms in total. The molecule has 1 aliphatic carbocycles. The minimum absolute atomic E-state index is 0.0122. The first-order valence-electron chi connectivity index (χ1n) is 12.4. The molecule has 188 valence electrons. The molecule has 2 saturated heterocycles. The number of amides is 2. The van der Waals surface area contributed by atoms with E-state index in [2.05, 4.69) is 5.10 Å². The summed E-state index contributed by atoms with van der Waals surface area (Å²) in [5, 5.41) is 4.68. The lowest BCUT2D eigenvalue weighted by atomic mass is 9.95. The SMILES string of the molecule is COCCn1nc(C2CCCN(C(=O)C3CC(=O)N(c4ccc(OC)cc4)C3)C2)n(C2CC2)c1=O. The van der Waals surface area contributed by atoms with E-state index in [1.165, 1.54) is 4.68 Å². The van der Waals surface area contributed by atoms with Crippen molar-refractivity contribution in [3.05, 3.63) is 40.6 Å². The van der Waals surface area contributed by atoms with Crippen LogP contribution < -0.4 is 15.3 Å². The summed E-state index contributed by atoms with van der Waals surface area (Å²) in [7, 11) is 3.21. The standard InChI is InChI=1S/C25H33N5O5/c1-34-13-12-29-25(33)30(20-5-6-20)23(26-29)17-4-3-11-27(15-17)24(32)18-14-22(31)28(16-18)19-7-9-21(35-2)10-8-19/h7-10,17-18,20H,3-6,11-16H2,1-2H3. The van der Waals surface area contributed by atoms with E-state index in [4.69, 9.17) is 9.47 Å². The second-order valence-electron chi connectivity index (χ2n) is 9.68. The molecule has 35 heavy (non-hydrogen) atoms. The summed E-state index contributed by atoms with van der Waals surface area (Å²) < 4.78 is 13.7. The van der Waals surface area contributed by atoms with Crippen molar-refractivity contribution in [3.63, 3.8) is 0 Å². The van der Waals surface area contributed by atoms with Crippen LogP contribution in [-0.2, 0) is 20.9 Å². The smallest absolute Gasteiger partial charge is 0.346 e. The third-order valence-corrected chi connectivity index (χ3v) is 7.27. The van der Waals surface area contributed by atoms with Gasteiger partial charge in [0.05, 0.1) is 26.2 Å². The van der Waals surface area contributed by atoms with E-state index in [0.29, 0.717) is 32.8 Å². The molecule has 1 saturated carbocycles. The van der Waals surface area contributed by atoms with Crippen molar-refractivity contribution in [1.82, 2.24) is 19.2 Å². The maximum absolute atomic E-state index is 13.5. The van der Waals surface area contributed by atoms with Gasteiger partial charge in [0.1, 0.15) is 11.6 Å². The van der Waals surface area contributed by atoms with Gasteiger partial charge in [-0.1, -0.05) is 0 Å². The van der Waals surface area contributed by atoms with Gasteiger partial charge in [-0.05, 0) is 49.9 Å². The summed E-state index contributed by atoms with van der Waals surface area (Å²) in [4.78, 5) is 42.7. The van der Waals surface area contributed by atoms with Crippen LogP contribution in [0.15, 0.2) is 29.1 Å². The van der Waals surface area contributed by atoms with Crippen LogP contribution in [-0.4, -0.2) is 71.5 Å². The number of hydrogen-bond acceptors (Lipinski definition) is 6. The minimum atomic E-state index is -0.367. The Bertz CT molecular complexity index is 1140. The highest BCUT2D eigenvalue weighted by Crippen LogP contribution is 2.37. The maximum atomic E-state index is 13.5. The monoisotopic (exact) mass is 483 g/mol. The Labute approximate surface area is 204 Å². The summed E-state index contributed by atoms with van der Waals surface area (Å²) in [5.41, 5.74) is 0.692. The van der Waals surface area contributed by atoms with Crippen LogP contribution in [0.3, 0.4) is 0 Å². The maximum Gasteiger partial charge on any atom is 0.346 e. The fourth-order valence-electron chi connectivity index (χ4n) is 5.25. The third kappa shape index (κ3) is 4.71. The van der Waals surface area contributed by atoms with E-state index < -0.39 is 0 Å². The van der Waals surface area contributed by atoms with Gasteiger partial charge in [0.2, 0.25) is 11.8 Å². The van der Waals surface area contributed by atoms with Gasteiger partial charge in [-0.15, -0.1) is 0 Å². The topological polar surface area (TPSA) is 98.9 Å². The van der Waals surface area contributed by atoms with E-state index in [1.807, 2.05) is 33.7 Å². The van der Waals surface area contributed by atoms with Gasteiger partial charge < -0.3 is 19.3 Å². The second kappa shape index (κ2) is 9.85. The lowest BCUT2D eigenvalue weighted by Gasteiger charge is -2.34. The van der Waals surface area contributed by atoms with Crippen LogP contribution in [0.5, 0.6) is 5.75 Å². The van der Waals surface area contributed by atoms with Crippen LogP contribution in [0.25, 0.3) is 0 Å². The summed E-state index contributed by atoms with van der Waals surface area (Å²) >= 11 is 0. The Balaban J connectivity index is 1.29. The first-order chi connectivity index (χ1) is 17.0. The molecule has 3 fully saturated rings. The van der Waals surface area contributed by atoms with Gasteiger partial charge in [-0.3, -0.25) is 14.2 Å². The normalized spacial score (nSPS) is 22.6. The van der Waals surface area contributed by atoms with Gasteiger partial charge in [0, 0.05) is 50.8 Å². The number of benzene rings is 1. The molecular weight excluding hydrogens is 450 g/mol. The predicted molar refractivity (Wildman–Crippen MR) is 129 cm³/mol. The Kier molecular flexibility index (Phi) is 6.64. The Morgan fingerprint density at radius 2 is 1.86 bits per heavy atom. The molecule has 3 aliphatic rings. The van der Waals surface area contributed by atoms with Gasteiger partial charge in [0.15, 0.2) is 0 Å². The molecule has 0 bridgehead atoms. The van der Waals surface area contributed by atoms with Crippen molar-refractivity contribution in [2.45, 2.75) is 50.6 Å². The largest absolute Gasteiger partial charge is 0.497 e. The molecule has 0 spiro atoms. The summed E-state index contributed by atoms with van der Waals surface area (Å²) in [6.45, 7) is 2.42. The quantitative estimate of drug-likeness (QED) is 0.568. The zero-order valence-electron chi connectivity index (χ0n) is 20.4. The van der Waals surface area contributed by atoms with Crippen LogP contribution in [0.2, 0.25) is 0 Å². The van der Waals surface area contributed by atoms with Crippen LogP contribution in [0.1, 0.15) is 49.9 Å². The lowest BCUT2D eigenvalue weighted by Crippen LogP contribution is -2.43. The lowest BCUT2D eigenvalue weighted by molar-refractivity contribution is -0.137. The molecule has 2 aromatic rings. The fourth-order valence-corrected chi connectivity index (χ4v) is 5.25. The van der Waals surface area contributed by atoms with Gasteiger partial charge in [-0.25, -0.2) is 9.48 Å². The Morgan fingerprint density at radius 3 is 2.54 bits per heavy atom. The average molecular weight is 484 g/mol. The minimum Gasteiger partial charge on any atom is -0.497 e. The molecule has 0 radical (unpaired) electrons. The van der Waals surface area contributed by atoms with E-state index in [1.54, 1.807) is 19.1 Å². The number of hydrogen-bond donors (Lipinski definition) is 0. The van der Waals surface area contributed by atoms with E-state index in [0.717, 1.165) is 42.9 Å². The van der Waals surface area contributed by atoms with Gasteiger partial charge >= 0.3 is 5.69 Å². The molecule has 2 amide bonds. The van der Waals surface area contributed by atoms with Crippen LogP contribution in [0, 0.1) is 5.92 Å². The molecule has 2 atom stereocenters. The highest BCUT2D eigenvalue weighted by atomic mass is 16.5. The second-order valence-corrected chi connectivity index (χ2v) is 9.68. The van der Waals surface area contributed by atoms with Crippen molar-refractivity contribution < 1.29 is 19.1 Å². The highest BCUT2D eigenvalue weighted by Gasteiger charge is 2.40. The summed E-state index contributed by atoms with van der Waals surface area (Å²) in [6, 6.07) is 7.54. The molecule has 2 aliphatic heterocycles. The van der Waals surface area contributed by atoms with Crippen molar-refractivity contribution in [2.24, 2.45) is 5.92 Å². The number of piperidine rings is 1. The van der Waals surface area contributed by atoms with Crippen molar-refractivity contribution in [3.8, 4) is 5.75 Å². The zero-order chi connectivity index (χ0) is 24.5. The van der Waals surface area contributed by atoms with Crippen LogP contribution >= 0.6 is 0 Å². The van der Waals surface area contributed by atoms with E-state index in [9.17, 15) is 14.4 Å². The number of carbonyl (C=O) groups excluding carboxylic acids is 2. The Hall–Kier alpha value is -3.14. The third-order valence-electron chi connectivity index (χ3n) is 7.27. The fraction of sp³-hybridized carbons (Fsp3) is 0.600. The van der Waals surface area contributed by atoms with Crippen molar-refractivity contribution >= 4 is 17.5 Å². The molecule has 3 heterocycles. The number of aromatic nitrogens is 3. The first-order valence-corrected chi connectivity index (χ1v) is 12.4. The number of nitrogens with zero attached hydrogens (tertiary/aromatic N) is 5. The number of carbonyl (C=O) groups is 2. The summed E-state index contributed by atoms with van der Waals surface area (Å²) in [5.74, 6) is 1.13. The number of likely N-dealkylation sites (tertiary alicyclic amines) is 1. The average Bonchev–Trinajstić information content (AvgIpc) is 3.57. The molecule has 10 heteroatoms. The van der Waals surface area contributed by atoms with E-state index in [-0.39, 0.29) is 41.8 Å². The number of anilines is 1. The number of methoxy groups -OCH3 is 2. The summed E-state index contributed by atoms with van der Waals surface area (Å²) in [6.07, 6.45) is 3.93. The van der Waals surface area contributed by atoms with E-state index >= 15 is 0 Å².